The number of carboxylic acids is 1. The molecule has 0 aromatic carbocycles. The molecule has 2 saturated carbocycles. The van der Waals surface area contributed by atoms with Crippen molar-refractivity contribution in [1.29, 1.82) is 0 Å². The molecule has 2 aliphatic rings. The summed E-state index contributed by atoms with van der Waals surface area (Å²) >= 11 is 0. The number of amides is 2. The van der Waals surface area contributed by atoms with Crippen LogP contribution in [0.3, 0.4) is 0 Å². The molecule has 0 spiro atoms. The lowest BCUT2D eigenvalue weighted by molar-refractivity contribution is -0.139. The molecule has 0 unspecified atom stereocenters. The van der Waals surface area contributed by atoms with E-state index < -0.39 is 11.5 Å². The minimum atomic E-state index is -0.859. The Hall–Kier alpha value is -1.30. The third-order valence-electron chi connectivity index (χ3n) is 4.76. The van der Waals surface area contributed by atoms with Gasteiger partial charge in [0, 0.05) is 13.6 Å². The number of aliphatic carboxylic acids is 1. The fourth-order valence-corrected chi connectivity index (χ4v) is 3.51. The van der Waals surface area contributed by atoms with Crippen LogP contribution in [0.2, 0.25) is 0 Å². The lowest BCUT2D eigenvalue weighted by Gasteiger charge is -2.39. The number of aliphatic hydroxyl groups is 1. The number of rotatable bonds is 5. The average molecular weight is 298 g/mol. The first-order valence-corrected chi connectivity index (χ1v) is 7.83. The molecule has 0 aromatic heterocycles. The first-order valence-electron chi connectivity index (χ1n) is 7.83. The quantitative estimate of drug-likeness (QED) is 0.719. The van der Waals surface area contributed by atoms with Crippen molar-refractivity contribution in [3.63, 3.8) is 0 Å². The van der Waals surface area contributed by atoms with Crippen molar-refractivity contribution in [3.8, 4) is 0 Å². The number of nitrogens with zero attached hydrogens (tertiary/aromatic N) is 1. The van der Waals surface area contributed by atoms with E-state index >= 15 is 0 Å². The summed E-state index contributed by atoms with van der Waals surface area (Å²) in [7, 11) is 1.73. The average Bonchev–Trinajstić information content (AvgIpc) is 2.36. The van der Waals surface area contributed by atoms with Crippen LogP contribution in [0.5, 0.6) is 0 Å². The Bertz CT molecular complexity index is 387. The van der Waals surface area contributed by atoms with Crippen molar-refractivity contribution < 1.29 is 19.8 Å². The normalized spacial score (nSPS) is 27.5. The fourth-order valence-electron chi connectivity index (χ4n) is 3.51. The maximum absolute atomic E-state index is 12.3. The van der Waals surface area contributed by atoms with E-state index in [0.717, 1.165) is 44.9 Å². The maximum atomic E-state index is 12.3. The summed E-state index contributed by atoms with van der Waals surface area (Å²) in [6.07, 6.45) is 5.78. The molecule has 0 heterocycles. The fraction of sp³-hybridized carbons (Fsp3) is 0.867. The Kier molecular flexibility index (Phi) is 5.08. The van der Waals surface area contributed by atoms with Crippen molar-refractivity contribution in [3.05, 3.63) is 0 Å². The molecule has 6 nitrogen and oxygen atoms in total. The van der Waals surface area contributed by atoms with Gasteiger partial charge < -0.3 is 20.4 Å². The molecule has 21 heavy (non-hydrogen) atoms. The van der Waals surface area contributed by atoms with E-state index in [0.29, 0.717) is 12.5 Å². The van der Waals surface area contributed by atoms with Gasteiger partial charge in [0.05, 0.1) is 18.1 Å². The maximum Gasteiger partial charge on any atom is 0.317 e. The topological polar surface area (TPSA) is 89.9 Å². The summed E-state index contributed by atoms with van der Waals surface area (Å²) in [6, 6.07) is -0.195. The zero-order valence-electron chi connectivity index (χ0n) is 12.7. The van der Waals surface area contributed by atoms with Gasteiger partial charge in [-0.05, 0) is 31.6 Å². The van der Waals surface area contributed by atoms with E-state index in [9.17, 15) is 14.7 Å². The minimum absolute atomic E-state index is 0.00524. The second-order valence-corrected chi connectivity index (χ2v) is 6.71. The predicted octanol–water partition coefficient (Wildman–Crippen LogP) is 1.58. The highest BCUT2D eigenvalue weighted by Gasteiger charge is 2.37. The van der Waals surface area contributed by atoms with Gasteiger partial charge in [0.1, 0.15) is 0 Å². The van der Waals surface area contributed by atoms with Gasteiger partial charge in [-0.3, -0.25) is 4.79 Å². The summed E-state index contributed by atoms with van der Waals surface area (Å²) in [4.78, 5) is 25.0. The summed E-state index contributed by atoms with van der Waals surface area (Å²) in [5.74, 6) is -0.500. The lowest BCUT2D eigenvalue weighted by Crippen LogP contribution is -2.55. The summed E-state index contributed by atoms with van der Waals surface area (Å²) in [5, 5.41) is 21.4. The third-order valence-corrected chi connectivity index (χ3v) is 4.76. The smallest absolute Gasteiger partial charge is 0.317 e. The van der Waals surface area contributed by atoms with Crippen molar-refractivity contribution in [2.45, 2.75) is 63.0 Å². The molecule has 6 heteroatoms. The monoisotopic (exact) mass is 298 g/mol. The Labute approximate surface area is 125 Å². The van der Waals surface area contributed by atoms with Crippen molar-refractivity contribution in [2.75, 3.05) is 13.6 Å². The van der Waals surface area contributed by atoms with Crippen molar-refractivity contribution in [1.82, 2.24) is 10.2 Å². The minimum Gasteiger partial charge on any atom is -0.481 e. The molecule has 3 N–H and O–H groups in total. The van der Waals surface area contributed by atoms with Crippen LogP contribution < -0.4 is 5.32 Å². The van der Waals surface area contributed by atoms with Gasteiger partial charge in [-0.2, -0.15) is 0 Å². The van der Waals surface area contributed by atoms with Gasteiger partial charge in [-0.25, -0.2) is 4.79 Å². The Balaban J connectivity index is 1.89. The van der Waals surface area contributed by atoms with Gasteiger partial charge in [-0.1, -0.05) is 19.3 Å². The molecular weight excluding hydrogens is 272 g/mol. The van der Waals surface area contributed by atoms with E-state index in [-0.39, 0.29) is 18.6 Å². The number of urea groups is 1. The van der Waals surface area contributed by atoms with Crippen LogP contribution in [0.4, 0.5) is 4.79 Å². The molecule has 120 valence electrons. The number of aliphatic hydroxyl groups excluding tert-OH is 1. The van der Waals surface area contributed by atoms with Crippen molar-refractivity contribution >= 4 is 12.0 Å². The largest absolute Gasteiger partial charge is 0.481 e. The zero-order chi connectivity index (χ0) is 15.5. The van der Waals surface area contributed by atoms with E-state index in [1.165, 1.54) is 0 Å². The molecule has 0 aromatic rings. The van der Waals surface area contributed by atoms with E-state index in [4.69, 9.17) is 5.11 Å². The van der Waals surface area contributed by atoms with E-state index in [1.54, 1.807) is 11.9 Å². The molecule has 2 fully saturated rings. The predicted molar refractivity (Wildman–Crippen MR) is 78.0 cm³/mol. The second kappa shape index (κ2) is 6.64. The van der Waals surface area contributed by atoms with Gasteiger partial charge in [0.2, 0.25) is 0 Å². The first-order chi connectivity index (χ1) is 9.90. The van der Waals surface area contributed by atoms with Crippen LogP contribution in [0.25, 0.3) is 0 Å². The SMILES string of the molecule is CN(CC1CC(O)C1)C(=O)NC1(CC(=O)O)CCCCC1. The highest BCUT2D eigenvalue weighted by atomic mass is 16.4. The second-order valence-electron chi connectivity index (χ2n) is 6.71. The highest BCUT2D eigenvalue weighted by Crippen LogP contribution is 2.32. The van der Waals surface area contributed by atoms with Crippen LogP contribution >= 0.6 is 0 Å². The summed E-state index contributed by atoms with van der Waals surface area (Å²) in [5.41, 5.74) is -0.589. The summed E-state index contributed by atoms with van der Waals surface area (Å²) < 4.78 is 0. The molecule has 0 atom stereocenters. The molecular formula is C15H26N2O4. The van der Waals surface area contributed by atoms with Gasteiger partial charge in [-0.15, -0.1) is 0 Å². The van der Waals surface area contributed by atoms with Gasteiger partial charge in [0.15, 0.2) is 0 Å². The Morgan fingerprint density at radius 3 is 2.38 bits per heavy atom. The molecule has 0 saturated heterocycles. The molecule has 0 bridgehead atoms. The van der Waals surface area contributed by atoms with Gasteiger partial charge >= 0.3 is 12.0 Å². The van der Waals surface area contributed by atoms with E-state index in [1.807, 2.05) is 0 Å². The first kappa shape index (κ1) is 16.1. The third kappa shape index (κ3) is 4.33. The molecule has 2 rings (SSSR count). The number of carbonyl (C=O) groups excluding carboxylic acids is 1. The van der Waals surface area contributed by atoms with Crippen LogP contribution in [-0.4, -0.2) is 52.3 Å². The number of carbonyl (C=O) groups is 2. The Morgan fingerprint density at radius 2 is 1.86 bits per heavy atom. The highest BCUT2D eigenvalue weighted by molar-refractivity contribution is 5.76. The Morgan fingerprint density at radius 1 is 1.24 bits per heavy atom. The van der Waals surface area contributed by atoms with Crippen LogP contribution in [0.1, 0.15) is 51.4 Å². The van der Waals surface area contributed by atoms with Crippen LogP contribution in [0, 0.1) is 5.92 Å². The summed E-state index contributed by atoms with van der Waals surface area (Å²) in [6.45, 7) is 0.617. The van der Waals surface area contributed by atoms with Gasteiger partial charge in [0.25, 0.3) is 0 Å². The molecule has 2 amide bonds. The number of hydrogen-bond acceptors (Lipinski definition) is 3. The van der Waals surface area contributed by atoms with Crippen LogP contribution in [0.15, 0.2) is 0 Å². The van der Waals surface area contributed by atoms with E-state index in [2.05, 4.69) is 5.32 Å². The number of hydrogen-bond donors (Lipinski definition) is 3. The molecule has 0 aliphatic heterocycles. The van der Waals surface area contributed by atoms with Crippen LogP contribution in [-0.2, 0) is 4.79 Å². The molecule has 0 radical (unpaired) electrons. The number of carboxylic acid groups (broad SMARTS) is 1. The zero-order valence-corrected chi connectivity index (χ0v) is 12.7. The lowest BCUT2D eigenvalue weighted by atomic mass is 9.79. The van der Waals surface area contributed by atoms with Crippen molar-refractivity contribution in [2.24, 2.45) is 5.92 Å². The standard InChI is InChI=1S/C15H26N2O4/c1-17(10-11-7-12(18)8-11)14(21)16-15(9-13(19)20)5-3-2-4-6-15/h11-12,18H,2-10H2,1H3,(H,16,21)(H,19,20). The molecule has 2 aliphatic carbocycles. The number of nitrogens with one attached hydrogen (secondary N) is 1.